The number of rotatable bonds is 4. The van der Waals surface area contributed by atoms with Crippen LogP contribution in [-0.2, 0) is 11.2 Å². The number of amides is 1. The van der Waals surface area contributed by atoms with Gasteiger partial charge in [-0.2, -0.15) is 0 Å². The Hall–Kier alpha value is -1.31. The van der Waals surface area contributed by atoms with Gasteiger partial charge in [0.15, 0.2) is 0 Å². The van der Waals surface area contributed by atoms with Crippen LogP contribution in [0.5, 0.6) is 0 Å². The van der Waals surface area contributed by atoms with Crippen molar-refractivity contribution in [2.24, 2.45) is 11.8 Å². The largest absolute Gasteiger partial charge is 0.343 e. The van der Waals surface area contributed by atoms with Crippen LogP contribution in [0.3, 0.4) is 0 Å². The van der Waals surface area contributed by atoms with E-state index in [-0.39, 0.29) is 0 Å². The van der Waals surface area contributed by atoms with Crippen molar-refractivity contribution in [3.05, 3.63) is 35.9 Å². The molecule has 1 aliphatic heterocycles. The van der Waals surface area contributed by atoms with Crippen LogP contribution in [0.2, 0.25) is 0 Å². The first kappa shape index (κ1) is 14.6. The van der Waals surface area contributed by atoms with Gasteiger partial charge in [-0.15, -0.1) is 0 Å². The van der Waals surface area contributed by atoms with E-state index in [4.69, 9.17) is 0 Å². The van der Waals surface area contributed by atoms with Crippen molar-refractivity contribution < 1.29 is 4.79 Å². The molecular formula is C19H27NO. The van der Waals surface area contributed by atoms with Crippen molar-refractivity contribution >= 4 is 5.91 Å². The summed E-state index contributed by atoms with van der Waals surface area (Å²) in [6.07, 6.45) is 9.53. The summed E-state index contributed by atoms with van der Waals surface area (Å²) in [4.78, 5) is 14.5. The van der Waals surface area contributed by atoms with Crippen LogP contribution in [0.15, 0.2) is 30.3 Å². The van der Waals surface area contributed by atoms with E-state index in [9.17, 15) is 4.79 Å². The molecule has 1 aromatic rings. The summed E-state index contributed by atoms with van der Waals surface area (Å²) in [6.45, 7) is 1.95. The van der Waals surface area contributed by atoms with Gasteiger partial charge < -0.3 is 4.90 Å². The maximum atomic E-state index is 12.3. The molecule has 2 heteroatoms. The second-order valence-corrected chi connectivity index (χ2v) is 6.87. The Kier molecular flexibility index (Phi) is 4.95. The Bertz CT molecular complexity index is 442. The Balaban J connectivity index is 1.43. The fourth-order valence-corrected chi connectivity index (χ4v) is 3.92. The molecule has 1 saturated heterocycles. The highest BCUT2D eigenvalue weighted by Gasteiger charge is 2.25. The van der Waals surface area contributed by atoms with Crippen molar-refractivity contribution in [3.8, 4) is 0 Å². The maximum Gasteiger partial charge on any atom is 0.222 e. The molecule has 0 radical (unpaired) electrons. The molecular weight excluding hydrogens is 258 g/mol. The van der Waals surface area contributed by atoms with Gasteiger partial charge in [0.25, 0.3) is 0 Å². The lowest BCUT2D eigenvalue weighted by atomic mass is 9.90. The van der Waals surface area contributed by atoms with Crippen molar-refractivity contribution in [1.29, 1.82) is 0 Å². The highest BCUT2D eigenvalue weighted by Crippen LogP contribution is 2.29. The number of carbonyl (C=O) groups is 1. The van der Waals surface area contributed by atoms with Crippen LogP contribution in [0.4, 0.5) is 0 Å². The lowest BCUT2D eigenvalue weighted by Crippen LogP contribution is -2.39. The van der Waals surface area contributed by atoms with Crippen molar-refractivity contribution in [1.82, 2.24) is 4.90 Å². The summed E-state index contributed by atoms with van der Waals surface area (Å²) in [5, 5.41) is 0. The molecule has 1 aliphatic carbocycles. The molecule has 3 rings (SSSR count). The third kappa shape index (κ3) is 4.09. The SMILES string of the molecule is O=C(CC1CCCC1)N1CCC(Cc2ccccc2)CC1. The monoisotopic (exact) mass is 285 g/mol. The number of nitrogens with zero attached hydrogens (tertiary/aromatic N) is 1. The van der Waals surface area contributed by atoms with E-state index >= 15 is 0 Å². The van der Waals surface area contributed by atoms with E-state index in [2.05, 4.69) is 35.2 Å². The fraction of sp³-hybridized carbons (Fsp3) is 0.632. The summed E-state index contributed by atoms with van der Waals surface area (Å²) in [5.74, 6) is 1.85. The van der Waals surface area contributed by atoms with Crippen LogP contribution in [0.25, 0.3) is 0 Å². The Morgan fingerprint density at radius 1 is 0.952 bits per heavy atom. The van der Waals surface area contributed by atoms with Crippen LogP contribution in [0.1, 0.15) is 50.5 Å². The van der Waals surface area contributed by atoms with E-state index < -0.39 is 0 Å². The number of piperidine rings is 1. The normalized spacial score (nSPS) is 20.9. The average molecular weight is 285 g/mol. The average Bonchev–Trinajstić information content (AvgIpc) is 3.02. The highest BCUT2D eigenvalue weighted by molar-refractivity contribution is 5.76. The molecule has 0 spiro atoms. The van der Waals surface area contributed by atoms with Crippen LogP contribution >= 0.6 is 0 Å². The number of carbonyl (C=O) groups excluding carboxylic acids is 1. The first-order valence-electron chi connectivity index (χ1n) is 8.63. The molecule has 0 unspecified atom stereocenters. The van der Waals surface area contributed by atoms with E-state index in [1.165, 1.54) is 50.5 Å². The standard InChI is InChI=1S/C19H27NO/c21-19(15-17-8-4-5-9-17)20-12-10-18(11-13-20)14-16-6-2-1-3-7-16/h1-3,6-7,17-18H,4-5,8-15H2. The Morgan fingerprint density at radius 2 is 1.62 bits per heavy atom. The maximum absolute atomic E-state index is 12.3. The van der Waals surface area contributed by atoms with Gasteiger partial charge in [-0.25, -0.2) is 0 Å². The molecule has 1 amide bonds. The third-order valence-electron chi connectivity index (χ3n) is 5.27. The van der Waals surface area contributed by atoms with Gasteiger partial charge in [-0.05, 0) is 49.5 Å². The van der Waals surface area contributed by atoms with Gasteiger partial charge in [0.05, 0.1) is 0 Å². The molecule has 114 valence electrons. The molecule has 1 aromatic carbocycles. The molecule has 2 aliphatic rings. The van der Waals surface area contributed by atoms with Crippen molar-refractivity contribution in [2.75, 3.05) is 13.1 Å². The van der Waals surface area contributed by atoms with Crippen LogP contribution in [0, 0.1) is 11.8 Å². The molecule has 0 bridgehead atoms. The minimum Gasteiger partial charge on any atom is -0.343 e. The zero-order valence-corrected chi connectivity index (χ0v) is 13.0. The first-order valence-corrected chi connectivity index (χ1v) is 8.63. The van der Waals surface area contributed by atoms with E-state index in [1.807, 2.05) is 0 Å². The van der Waals surface area contributed by atoms with E-state index in [0.29, 0.717) is 11.8 Å². The van der Waals surface area contributed by atoms with Gasteiger partial charge >= 0.3 is 0 Å². The quantitative estimate of drug-likeness (QED) is 0.817. The van der Waals surface area contributed by atoms with Gasteiger partial charge in [-0.1, -0.05) is 43.2 Å². The highest BCUT2D eigenvalue weighted by atomic mass is 16.2. The van der Waals surface area contributed by atoms with E-state index in [0.717, 1.165) is 25.4 Å². The summed E-state index contributed by atoms with van der Waals surface area (Å²) in [6, 6.07) is 10.8. The topological polar surface area (TPSA) is 20.3 Å². The minimum atomic E-state index is 0.417. The molecule has 21 heavy (non-hydrogen) atoms. The molecule has 2 nitrogen and oxygen atoms in total. The Labute approximate surface area is 128 Å². The molecule has 0 N–H and O–H groups in total. The fourth-order valence-electron chi connectivity index (χ4n) is 3.92. The summed E-state index contributed by atoms with van der Waals surface area (Å²) in [7, 11) is 0. The molecule has 1 saturated carbocycles. The van der Waals surface area contributed by atoms with Crippen molar-refractivity contribution in [3.63, 3.8) is 0 Å². The predicted molar refractivity (Wildman–Crippen MR) is 86.0 cm³/mol. The summed E-state index contributed by atoms with van der Waals surface area (Å²) in [5.41, 5.74) is 1.44. The first-order chi connectivity index (χ1) is 10.3. The summed E-state index contributed by atoms with van der Waals surface area (Å²) < 4.78 is 0. The van der Waals surface area contributed by atoms with Gasteiger partial charge in [0, 0.05) is 19.5 Å². The smallest absolute Gasteiger partial charge is 0.222 e. The number of hydrogen-bond donors (Lipinski definition) is 0. The van der Waals surface area contributed by atoms with Gasteiger partial charge in [-0.3, -0.25) is 4.79 Å². The molecule has 1 heterocycles. The second-order valence-electron chi connectivity index (χ2n) is 6.87. The lowest BCUT2D eigenvalue weighted by Gasteiger charge is -2.32. The number of likely N-dealkylation sites (tertiary alicyclic amines) is 1. The molecule has 0 atom stereocenters. The van der Waals surface area contributed by atoms with Crippen LogP contribution in [-0.4, -0.2) is 23.9 Å². The van der Waals surface area contributed by atoms with E-state index in [1.54, 1.807) is 0 Å². The number of benzene rings is 1. The van der Waals surface area contributed by atoms with Gasteiger partial charge in [0.1, 0.15) is 0 Å². The van der Waals surface area contributed by atoms with Crippen LogP contribution < -0.4 is 0 Å². The summed E-state index contributed by atoms with van der Waals surface area (Å²) >= 11 is 0. The minimum absolute atomic E-state index is 0.417. The number of hydrogen-bond acceptors (Lipinski definition) is 1. The third-order valence-corrected chi connectivity index (χ3v) is 5.27. The molecule has 2 fully saturated rings. The van der Waals surface area contributed by atoms with Gasteiger partial charge in [0.2, 0.25) is 5.91 Å². The zero-order valence-electron chi connectivity index (χ0n) is 13.0. The van der Waals surface area contributed by atoms with Crippen molar-refractivity contribution in [2.45, 2.75) is 51.4 Å². The Morgan fingerprint density at radius 3 is 2.29 bits per heavy atom. The molecule has 0 aromatic heterocycles. The predicted octanol–water partition coefficient (Wildman–Crippen LogP) is 4.05. The zero-order chi connectivity index (χ0) is 14.5. The lowest BCUT2D eigenvalue weighted by molar-refractivity contribution is -0.133. The second kappa shape index (κ2) is 7.11.